The van der Waals surface area contributed by atoms with E-state index in [1.165, 1.54) is 0 Å². The number of pyridine rings is 1. The van der Waals surface area contributed by atoms with E-state index in [1.54, 1.807) is 6.20 Å². The molecule has 1 radical (unpaired) electrons. The molecule has 2 nitrogen and oxygen atoms in total. The molecule has 0 aliphatic heterocycles. The Kier molecular flexibility index (Phi) is 2.36. The van der Waals surface area contributed by atoms with Crippen molar-refractivity contribution in [2.45, 2.75) is 0 Å². The minimum absolute atomic E-state index is 0.360. The first kappa shape index (κ1) is 8.63. The molecule has 0 aliphatic rings. The van der Waals surface area contributed by atoms with Crippen molar-refractivity contribution in [2.24, 2.45) is 0 Å². The SMILES string of the molecule is O=[C]c1ncccc1-c1ccccc1. The molecule has 0 N–H and O–H groups in total. The van der Waals surface area contributed by atoms with Gasteiger partial charge < -0.3 is 0 Å². The van der Waals surface area contributed by atoms with Crippen molar-refractivity contribution >= 4 is 6.29 Å². The van der Waals surface area contributed by atoms with Crippen molar-refractivity contribution in [3.63, 3.8) is 0 Å². The Morgan fingerprint density at radius 2 is 1.79 bits per heavy atom. The smallest absolute Gasteiger partial charge is 0.254 e. The Balaban J connectivity index is 2.57. The molecule has 1 heterocycles. The molecule has 0 saturated heterocycles. The van der Waals surface area contributed by atoms with Crippen LogP contribution >= 0.6 is 0 Å². The van der Waals surface area contributed by atoms with Gasteiger partial charge in [-0.05, 0) is 11.6 Å². The van der Waals surface area contributed by atoms with Crippen LogP contribution < -0.4 is 0 Å². The van der Waals surface area contributed by atoms with Gasteiger partial charge in [0.1, 0.15) is 5.69 Å². The van der Waals surface area contributed by atoms with Crippen LogP contribution in [-0.2, 0) is 4.79 Å². The van der Waals surface area contributed by atoms with Gasteiger partial charge in [0, 0.05) is 11.8 Å². The Bertz CT molecular complexity index is 437. The summed E-state index contributed by atoms with van der Waals surface area (Å²) in [5, 5.41) is 0. The van der Waals surface area contributed by atoms with E-state index in [0.717, 1.165) is 11.1 Å². The van der Waals surface area contributed by atoms with Gasteiger partial charge in [-0.25, -0.2) is 0 Å². The van der Waals surface area contributed by atoms with Crippen molar-refractivity contribution in [1.29, 1.82) is 0 Å². The van der Waals surface area contributed by atoms with Gasteiger partial charge >= 0.3 is 0 Å². The van der Waals surface area contributed by atoms with E-state index in [-0.39, 0.29) is 0 Å². The maximum absolute atomic E-state index is 10.6. The fourth-order valence-electron chi connectivity index (χ4n) is 1.34. The molecular weight excluding hydrogens is 174 g/mol. The second kappa shape index (κ2) is 3.83. The summed E-state index contributed by atoms with van der Waals surface area (Å²) < 4.78 is 0. The minimum atomic E-state index is 0.360. The minimum Gasteiger partial charge on any atom is -0.283 e. The summed E-state index contributed by atoms with van der Waals surface area (Å²) in [6.45, 7) is 0. The average molecular weight is 182 g/mol. The number of carbonyl (C=O) groups excluding carboxylic acids is 1. The van der Waals surface area contributed by atoms with Crippen molar-refractivity contribution < 1.29 is 4.79 Å². The van der Waals surface area contributed by atoms with Gasteiger partial charge in [-0.1, -0.05) is 36.4 Å². The lowest BCUT2D eigenvalue weighted by Crippen LogP contribution is -1.90. The second-order valence-electron chi connectivity index (χ2n) is 2.87. The maximum atomic E-state index is 10.6. The summed E-state index contributed by atoms with van der Waals surface area (Å²) in [7, 11) is 0. The number of hydrogen-bond donors (Lipinski definition) is 0. The van der Waals surface area contributed by atoms with E-state index < -0.39 is 0 Å². The number of aromatic nitrogens is 1. The molecule has 1 aromatic heterocycles. The summed E-state index contributed by atoms with van der Waals surface area (Å²) in [6.07, 6.45) is 3.42. The fraction of sp³-hybridized carbons (Fsp3) is 0. The molecule has 2 aromatic rings. The first-order chi connectivity index (χ1) is 6.92. The molecule has 0 fully saturated rings. The van der Waals surface area contributed by atoms with Gasteiger partial charge in [0.05, 0.1) is 0 Å². The van der Waals surface area contributed by atoms with Gasteiger partial charge in [0.2, 0.25) is 0 Å². The van der Waals surface area contributed by atoms with E-state index in [9.17, 15) is 4.79 Å². The van der Waals surface area contributed by atoms with Crippen molar-refractivity contribution in [1.82, 2.24) is 4.98 Å². The Labute approximate surface area is 82.2 Å². The van der Waals surface area contributed by atoms with Crippen LogP contribution in [0, 0.1) is 0 Å². The largest absolute Gasteiger partial charge is 0.283 e. The molecule has 0 bridgehead atoms. The lowest BCUT2D eigenvalue weighted by molar-refractivity contribution is 0.561. The van der Waals surface area contributed by atoms with Crippen LogP contribution in [0.15, 0.2) is 48.7 Å². The van der Waals surface area contributed by atoms with Gasteiger partial charge in [-0.15, -0.1) is 0 Å². The molecule has 2 rings (SSSR count). The zero-order valence-corrected chi connectivity index (χ0v) is 7.47. The highest BCUT2D eigenvalue weighted by molar-refractivity contribution is 5.85. The highest BCUT2D eigenvalue weighted by atomic mass is 16.1. The van der Waals surface area contributed by atoms with E-state index in [1.807, 2.05) is 48.8 Å². The zero-order valence-electron chi connectivity index (χ0n) is 7.47. The fourth-order valence-corrected chi connectivity index (χ4v) is 1.34. The predicted octanol–water partition coefficient (Wildman–Crippen LogP) is 2.21. The van der Waals surface area contributed by atoms with Gasteiger partial charge in [0.25, 0.3) is 6.29 Å². The van der Waals surface area contributed by atoms with Crippen LogP contribution in [0.4, 0.5) is 0 Å². The van der Waals surface area contributed by atoms with Crippen LogP contribution in [0.5, 0.6) is 0 Å². The van der Waals surface area contributed by atoms with Crippen LogP contribution in [0.3, 0.4) is 0 Å². The third kappa shape index (κ3) is 1.55. The lowest BCUT2D eigenvalue weighted by atomic mass is 10.1. The van der Waals surface area contributed by atoms with Crippen LogP contribution in [0.25, 0.3) is 11.1 Å². The van der Waals surface area contributed by atoms with Crippen LogP contribution in [0.2, 0.25) is 0 Å². The van der Waals surface area contributed by atoms with E-state index in [4.69, 9.17) is 0 Å². The number of hydrogen-bond acceptors (Lipinski definition) is 2. The molecule has 1 aromatic carbocycles. The highest BCUT2D eigenvalue weighted by Crippen LogP contribution is 2.19. The Hall–Kier alpha value is -1.96. The zero-order chi connectivity index (χ0) is 9.80. The highest BCUT2D eigenvalue weighted by Gasteiger charge is 2.03. The molecule has 2 heteroatoms. The molecular formula is C12H8NO. The first-order valence-electron chi connectivity index (χ1n) is 4.30. The molecule has 0 amide bonds. The van der Waals surface area contributed by atoms with E-state index >= 15 is 0 Å². The molecule has 14 heavy (non-hydrogen) atoms. The van der Waals surface area contributed by atoms with Gasteiger partial charge in [-0.3, -0.25) is 9.78 Å². The van der Waals surface area contributed by atoms with Crippen LogP contribution in [-0.4, -0.2) is 11.3 Å². The molecule has 67 valence electrons. The van der Waals surface area contributed by atoms with Crippen molar-refractivity contribution in [2.75, 3.05) is 0 Å². The third-order valence-electron chi connectivity index (χ3n) is 1.99. The molecule has 0 unspecified atom stereocenters. The Morgan fingerprint density at radius 1 is 1.00 bits per heavy atom. The average Bonchev–Trinajstić information content (AvgIpc) is 2.30. The predicted molar refractivity (Wildman–Crippen MR) is 54.5 cm³/mol. The third-order valence-corrected chi connectivity index (χ3v) is 1.99. The Morgan fingerprint density at radius 3 is 2.50 bits per heavy atom. The first-order valence-corrected chi connectivity index (χ1v) is 4.30. The number of rotatable bonds is 2. The van der Waals surface area contributed by atoms with Crippen molar-refractivity contribution in [3.05, 3.63) is 54.4 Å². The molecule has 0 saturated carbocycles. The van der Waals surface area contributed by atoms with E-state index in [0.29, 0.717) is 5.69 Å². The summed E-state index contributed by atoms with van der Waals surface area (Å²) in [5.41, 5.74) is 2.17. The maximum Gasteiger partial charge on any atom is 0.254 e. The molecule has 0 atom stereocenters. The number of nitrogens with zero attached hydrogens (tertiary/aromatic N) is 1. The summed E-state index contributed by atoms with van der Waals surface area (Å²) in [5.74, 6) is 0. The summed E-state index contributed by atoms with van der Waals surface area (Å²) in [4.78, 5) is 14.6. The normalized spacial score (nSPS) is 9.71. The lowest BCUT2D eigenvalue weighted by Gasteiger charge is -2.01. The quantitative estimate of drug-likeness (QED) is 0.712. The van der Waals surface area contributed by atoms with Gasteiger partial charge in [-0.2, -0.15) is 0 Å². The summed E-state index contributed by atoms with van der Waals surface area (Å²) in [6, 6.07) is 13.3. The second-order valence-corrected chi connectivity index (χ2v) is 2.87. The topological polar surface area (TPSA) is 30.0 Å². The van der Waals surface area contributed by atoms with Gasteiger partial charge in [0.15, 0.2) is 0 Å². The molecule has 0 spiro atoms. The summed E-state index contributed by atoms with van der Waals surface area (Å²) >= 11 is 0. The molecule has 0 aliphatic carbocycles. The van der Waals surface area contributed by atoms with Crippen LogP contribution in [0.1, 0.15) is 5.69 Å². The van der Waals surface area contributed by atoms with E-state index in [2.05, 4.69) is 4.98 Å². The monoisotopic (exact) mass is 182 g/mol. The standard InChI is InChI=1S/C12H8NO/c14-9-12-11(7-4-8-13-12)10-5-2-1-3-6-10/h1-8H. The number of benzene rings is 1. The van der Waals surface area contributed by atoms with Crippen molar-refractivity contribution in [3.8, 4) is 11.1 Å².